The van der Waals surface area contributed by atoms with E-state index in [4.69, 9.17) is 4.74 Å². The second-order valence-corrected chi connectivity index (χ2v) is 5.67. The lowest BCUT2D eigenvalue weighted by Gasteiger charge is -2.14. The molecular formula is C17H23FN4O2. The molecule has 0 bridgehead atoms. The molecule has 1 aromatic carbocycles. The Morgan fingerprint density at radius 3 is 2.79 bits per heavy atom. The molecule has 2 rings (SSSR count). The standard InChI is InChI=1S/C17H23FN4O2/c1-13-9-21-22(11-13)12-14(2)20-10-17(23)19-7-8-24-16-5-3-15(18)4-6-16/h3-6,9,11,14,20H,7-8,10,12H2,1-2H3,(H,19,23)/t14-/m1/s1. The van der Waals surface area contributed by atoms with Crippen molar-refractivity contribution in [1.29, 1.82) is 0 Å². The Morgan fingerprint density at radius 2 is 2.12 bits per heavy atom. The zero-order chi connectivity index (χ0) is 17.4. The number of benzene rings is 1. The summed E-state index contributed by atoms with van der Waals surface area (Å²) in [5, 5.41) is 10.1. The molecule has 1 atom stereocenters. The number of halogens is 1. The smallest absolute Gasteiger partial charge is 0.234 e. The maximum absolute atomic E-state index is 12.7. The van der Waals surface area contributed by atoms with Gasteiger partial charge in [0.25, 0.3) is 0 Å². The molecule has 24 heavy (non-hydrogen) atoms. The molecule has 1 amide bonds. The molecule has 0 spiro atoms. The number of hydrogen-bond donors (Lipinski definition) is 2. The maximum Gasteiger partial charge on any atom is 0.234 e. The van der Waals surface area contributed by atoms with Crippen molar-refractivity contribution in [1.82, 2.24) is 20.4 Å². The Hall–Kier alpha value is -2.41. The number of nitrogens with zero attached hydrogens (tertiary/aromatic N) is 2. The fraction of sp³-hybridized carbons (Fsp3) is 0.412. The highest BCUT2D eigenvalue weighted by molar-refractivity contribution is 5.77. The van der Waals surface area contributed by atoms with E-state index >= 15 is 0 Å². The molecule has 1 heterocycles. The van der Waals surface area contributed by atoms with Crippen LogP contribution in [0.5, 0.6) is 5.75 Å². The van der Waals surface area contributed by atoms with Crippen LogP contribution in [-0.2, 0) is 11.3 Å². The largest absolute Gasteiger partial charge is 0.492 e. The topological polar surface area (TPSA) is 68.2 Å². The summed E-state index contributed by atoms with van der Waals surface area (Å²) in [5.74, 6) is 0.175. The summed E-state index contributed by atoms with van der Waals surface area (Å²) in [6.45, 7) is 5.65. The molecule has 7 heteroatoms. The number of carbonyl (C=O) groups excluding carboxylic acids is 1. The van der Waals surface area contributed by atoms with E-state index < -0.39 is 0 Å². The van der Waals surface area contributed by atoms with E-state index in [2.05, 4.69) is 15.7 Å². The van der Waals surface area contributed by atoms with E-state index in [9.17, 15) is 9.18 Å². The number of aryl methyl sites for hydroxylation is 1. The minimum Gasteiger partial charge on any atom is -0.492 e. The first-order chi connectivity index (χ1) is 11.5. The van der Waals surface area contributed by atoms with Crippen LogP contribution in [0.1, 0.15) is 12.5 Å². The first-order valence-electron chi connectivity index (χ1n) is 7.90. The van der Waals surface area contributed by atoms with E-state index in [1.165, 1.54) is 12.1 Å². The first kappa shape index (κ1) is 17.9. The molecule has 0 aliphatic heterocycles. The van der Waals surface area contributed by atoms with Gasteiger partial charge in [-0.2, -0.15) is 5.10 Å². The molecule has 6 nitrogen and oxygen atoms in total. The molecule has 1 aromatic heterocycles. The highest BCUT2D eigenvalue weighted by atomic mass is 19.1. The Kier molecular flexibility index (Phi) is 6.74. The van der Waals surface area contributed by atoms with E-state index in [1.807, 2.05) is 24.7 Å². The van der Waals surface area contributed by atoms with Crippen molar-refractivity contribution >= 4 is 5.91 Å². The number of rotatable bonds is 9. The third-order valence-electron chi connectivity index (χ3n) is 3.34. The van der Waals surface area contributed by atoms with Crippen molar-refractivity contribution in [2.24, 2.45) is 0 Å². The predicted molar refractivity (Wildman–Crippen MR) is 89.3 cm³/mol. The van der Waals surface area contributed by atoms with Gasteiger partial charge in [0.2, 0.25) is 5.91 Å². The number of carbonyl (C=O) groups is 1. The highest BCUT2D eigenvalue weighted by Gasteiger charge is 2.06. The van der Waals surface area contributed by atoms with Crippen molar-refractivity contribution in [3.05, 3.63) is 48.0 Å². The average molecular weight is 334 g/mol. The van der Waals surface area contributed by atoms with Gasteiger partial charge in [0.1, 0.15) is 18.2 Å². The van der Waals surface area contributed by atoms with E-state index in [1.54, 1.807) is 18.3 Å². The Morgan fingerprint density at radius 1 is 1.38 bits per heavy atom. The fourth-order valence-electron chi connectivity index (χ4n) is 2.13. The lowest BCUT2D eigenvalue weighted by atomic mass is 10.3. The first-order valence-corrected chi connectivity index (χ1v) is 7.90. The number of hydrogen-bond acceptors (Lipinski definition) is 4. The minimum absolute atomic E-state index is 0.0961. The Bertz CT molecular complexity index is 642. The lowest BCUT2D eigenvalue weighted by molar-refractivity contribution is -0.120. The van der Waals surface area contributed by atoms with Crippen molar-refractivity contribution in [3.8, 4) is 5.75 Å². The van der Waals surface area contributed by atoms with Crippen LogP contribution in [0.4, 0.5) is 4.39 Å². The molecule has 0 aliphatic carbocycles. The van der Waals surface area contributed by atoms with Crippen LogP contribution in [0, 0.1) is 12.7 Å². The number of amides is 1. The Labute approximate surface area is 141 Å². The van der Waals surface area contributed by atoms with Gasteiger partial charge < -0.3 is 15.4 Å². The van der Waals surface area contributed by atoms with Crippen molar-refractivity contribution < 1.29 is 13.9 Å². The highest BCUT2D eigenvalue weighted by Crippen LogP contribution is 2.10. The summed E-state index contributed by atoms with van der Waals surface area (Å²) >= 11 is 0. The van der Waals surface area contributed by atoms with Crippen molar-refractivity contribution in [3.63, 3.8) is 0 Å². The van der Waals surface area contributed by atoms with Crippen LogP contribution in [0.2, 0.25) is 0 Å². The third kappa shape index (κ3) is 6.37. The van der Waals surface area contributed by atoms with Gasteiger partial charge in [-0.05, 0) is 43.7 Å². The molecule has 0 saturated carbocycles. The van der Waals surface area contributed by atoms with Gasteiger partial charge in [-0.25, -0.2) is 4.39 Å². The van der Waals surface area contributed by atoms with Crippen molar-refractivity contribution in [2.45, 2.75) is 26.4 Å². The van der Waals surface area contributed by atoms with Gasteiger partial charge in [-0.3, -0.25) is 9.48 Å². The summed E-state index contributed by atoms with van der Waals surface area (Å²) in [5.41, 5.74) is 1.11. The number of nitrogens with one attached hydrogen (secondary N) is 2. The second kappa shape index (κ2) is 9.02. The number of ether oxygens (including phenoxy) is 1. The zero-order valence-electron chi connectivity index (χ0n) is 14.0. The number of aromatic nitrogens is 2. The molecule has 0 radical (unpaired) electrons. The van der Waals surface area contributed by atoms with Crippen LogP contribution in [0.3, 0.4) is 0 Å². The third-order valence-corrected chi connectivity index (χ3v) is 3.34. The van der Waals surface area contributed by atoms with Crippen molar-refractivity contribution in [2.75, 3.05) is 19.7 Å². The fourth-order valence-corrected chi connectivity index (χ4v) is 2.13. The van der Waals surface area contributed by atoms with Gasteiger partial charge in [-0.15, -0.1) is 0 Å². The normalized spacial score (nSPS) is 12.0. The van der Waals surface area contributed by atoms with Crippen LogP contribution < -0.4 is 15.4 Å². The zero-order valence-corrected chi connectivity index (χ0v) is 14.0. The molecule has 130 valence electrons. The summed E-state index contributed by atoms with van der Waals surface area (Å²) in [6.07, 6.45) is 3.77. The molecule has 0 saturated heterocycles. The maximum atomic E-state index is 12.7. The van der Waals surface area contributed by atoms with Gasteiger partial charge in [0.05, 0.1) is 25.8 Å². The lowest BCUT2D eigenvalue weighted by Crippen LogP contribution is -2.40. The summed E-state index contributed by atoms with van der Waals surface area (Å²) < 4.78 is 20.0. The van der Waals surface area contributed by atoms with Gasteiger partial charge in [-0.1, -0.05) is 0 Å². The molecule has 2 aromatic rings. The van der Waals surface area contributed by atoms with Crippen LogP contribution >= 0.6 is 0 Å². The summed E-state index contributed by atoms with van der Waals surface area (Å²) in [6, 6.07) is 5.90. The average Bonchev–Trinajstić information content (AvgIpc) is 2.96. The van der Waals surface area contributed by atoms with Crippen LogP contribution in [0.15, 0.2) is 36.7 Å². The van der Waals surface area contributed by atoms with Crippen LogP contribution in [0.25, 0.3) is 0 Å². The van der Waals surface area contributed by atoms with E-state index in [0.717, 1.165) is 5.56 Å². The molecule has 0 fully saturated rings. The Balaban J connectivity index is 1.56. The quantitative estimate of drug-likeness (QED) is 0.682. The summed E-state index contributed by atoms with van der Waals surface area (Å²) in [7, 11) is 0. The van der Waals surface area contributed by atoms with E-state index in [-0.39, 0.29) is 24.3 Å². The molecule has 0 aliphatic rings. The van der Waals surface area contributed by atoms with E-state index in [0.29, 0.717) is 25.4 Å². The van der Waals surface area contributed by atoms with Gasteiger partial charge >= 0.3 is 0 Å². The SMILES string of the molecule is Cc1cnn(C[C@@H](C)NCC(=O)NCCOc2ccc(F)cc2)c1. The molecular weight excluding hydrogens is 311 g/mol. The summed E-state index contributed by atoms with van der Waals surface area (Å²) in [4.78, 5) is 11.8. The van der Waals surface area contributed by atoms with Gasteiger partial charge in [0, 0.05) is 12.2 Å². The molecule has 0 unspecified atom stereocenters. The van der Waals surface area contributed by atoms with Gasteiger partial charge in [0.15, 0.2) is 0 Å². The molecule has 2 N–H and O–H groups in total. The predicted octanol–water partition coefficient (Wildman–Crippen LogP) is 1.50. The van der Waals surface area contributed by atoms with Crippen LogP contribution in [-0.4, -0.2) is 41.4 Å². The minimum atomic E-state index is -0.305. The second-order valence-electron chi connectivity index (χ2n) is 5.67. The monoisotopic (exact) mass is 334 g/mol.